The Morgan fingerprint density at radius 2 is 1.87 bits per heavy atom. The van der Waals surface area contributed by atoms with Gasteiger partial charge in [0.05, 0.1) is 10.9 Å². The lowest BCUT2D eigenvalue weighted by molar-refractivity contribution is 0.0785. The van der Waals surface area contributed by atoms with Gasteiger partial charge in [0.2, 0.25) is 0 Å². The molecule has 0 aliphatic rings. The largest absolute Gasteiger partial charge is 0.337 e. The van der Waals surface area contributed by atoms with Gasteiger partial charge in [-0.25, -0.2) is 0 Å². The first-order valence-electron chi connectivity index (χ1n) is 9.84. The van der Waals surface area contributed by atoms with Gasteiger partial charge in [-0.05, 0) is 47.0 Å². The van der Waals surface area contributed by atoms with Crippen LogP contribution in [0.3, 0.4) is 0 Å². The highest BCUT2D eigenvalue weighted by Crippen LogP contribution is 2.22. The molecule has 156 valence electrons. The molecule has 0 spiro atoms. The maximum Gasteiger partial charge on any atom is 0.262 e. The number of H-pyrrole nitrogens is 1. The molecule has 0 bridgehead atoms. The van der Waals surface area contributed by atoms with Gasteiger partial charge in [-0.15, -0.1) is 6.58 Å². The molecule has 1 aromatic heterocycles. The van der Waals surface area contributed by atoms with Crippen LogP contribution < -0.4 is 5.56 Å². The minimum atomic E-state index is -0.194. The van der Waals surface area contributed by atoms with Gasteiger partial charge in [-0.3, -0.25) is 14.2 Å². The summed E-state index contributed by atoms with van der Waals surface area (Å²) < 4.78 is 1.75. The molecule has 1 N–H and O–H groups in total. The summed E-state index contributed by atoms with van der Waals surface area (Å²) in [4.78, 5) is 30.3. The Morgan fingerprint density at radius 3 is 2.47 bits per heavy atom. The third-order valence-electron chi connectivity index (χ3n) is 5.13. The Bertz CT molecular complexity index is 1210. The normalized spacial score (nSPS) is 11.5. The Balaban J connectivity index is 1.85. The van der Waals surface area contributed by atoms with Crippen molar-refractivity contribution in [3.8, 4) is 0 Å². The van der Waals surface area contributed by atoms with Crippen LogP contribution >= 0.6 is 12.2 Å². The van der Waals surface area contributed by atoms with E-state index in [1.165, 1.54) is 10.1 Å². The van der Waals surface area contributed by atoms with E-state index in [4.69, 9.17) is 12.2 Å². The van der Waals surface area contributed by atoms with Gasteiger partial charge in [-0.1, -0.05) is 51.1 Å². The number of nitrogens with zero attached hydrogens (tertiary/aromatic N) is 2. The van der Waals surface area contributed by atoms with E-state index in [9.17, 15) is 9.59 Å². The molecule has 0 aliphatic carbocycles. The van der Waals surface area contributed by atoms with E-state index in [0.29, 0.717) is 34.3 Å². The number of allylic oxidation sites excluding steroid dienone is 1. The molecule has 6 heteroatoms. The molecule has 1 amide bonds. The molecule has 0 saturated heterocycles. The minimum Gasteiger partial charge on any atom is -0.337 e. The Labute approximate surface area is 181 Å². The highest BCUT2D eigenvalue weighted by atomic mass is 32.1. The van der Waals surface area contributed by atoms with Crippen molar-refractivity contribution < 1.29 is 4.79 Å². The average molecular weight is 422 g/mol. The summed E-state index contributed by atoms with van der Waals surface area (Å²) in [5, 5.41) is 0.488. The number of carbonyl (C=O) groups is 1. The highest BCUT2D eigenvalue weighted by molar-refractivity contribution is 7.71. The van der Waals surface area contributed by atoms with Crippen LogP contribution in [0, 0.1) is 4.77 Å². The van der Waals surface area contributed by atoms with E-state index < -0.39 is 0 Å². The van der Waals surface area contributed by atoms with Crippen molar-refractivity contribution in [3.63, 3.8) is 0 Å². The molecule has 0 aliphatic heterocycles. The molecule has 0 atom stereocenters. The van der Waals surface area contributed by atoms with Crippen LogP contribution in [-0.2, 0) is 18.5 Å². The number of hydrogen-bond acceptors (Lipinski definition) is 3. The molecule has 2 aromatic carbocycles. The van der Waals surface area contributed by atoms with E-state index in [1.807, 2.05) is 0 Å². The summed E-state index contributed by atoms with van der Waals surface area (Å²) in [6, 6.07) is 13.4. The standard InChI is InChI=1S/C24H27N3O2S/c1-6-13-27-22(29)19-12-9-17(14-20(19)25-23(27)30)21(28)26(5)15-16-7-10-18(11-8-16)24(2,3)4/h6-12,14H,1,13,15H2,2-5H3,(H,25,30). The monoisotopic (exact) mass is 421 g/mol. The fourth-order valence-electron chi connectivity index (χ4n) is 3.36. The summed E-state index contributed by atoms with van der Waals surface area (Å²) in [5.74, 6) is -0.119. The lowest BCUT2D eigenvalue weighted by Crippen LogP contribution is -2.26. The number of rotatable bonds is 5. The SMILES string of the molecule is C=CCn1c(=S)[nH]c2cc(C(=O)N(C)Cc3ccc(C(C)(C)C)cc3)ccc2c1=O. The predicted octanol–water partition coefficient (Wildman–Crippen LogP) is 4.81. The first-order valence-corrected chi connectivity index (χ1v) is 10.3. The summed E-state index contributed by atoms with van der Waals surface area (Å²) in [5.41, 5.74) is 3.27. The molecule has 0 radical (unpaired) electrons. The van der Waals surface area contributed by atoms with Crippen molar-refractivity contribution in [3.05, 3.63) is 86.9 Å². The second-order valence-corrected chi connectivity index (χ2v) is 8.89. The molecule has 3 aromatic rings. The van der Waals surface area contributed by atoms with Gasteiger partial charge in [0.15, 0.2) is 4.77 Å². The molecule has 0 unspecified atom stereocenters. The molecular formula is C24H27N3O2S. The van der Waals surface area contributed by atoms with Gasteiger partial charge < -0.3 is 9.88 Å². The minimum absolute atomic E-state index is 0.0929. The van der Waals surface area contributed by atoms with E-state index in [2.05, 4.69) is 56.6 Å². The Hall–Kier alpha value is -2.99. The number of aromatic nitrogens is 2. The molecule has 1 heterocycles. The second kappa shape index (κ2) is 8.40. The summed E-state index contributed by atoms with van der Waals surface area (Å²) in [6.45, 7) is 11.0. The number of aromatic amines is 1. The molecule has 3 rings (SSSR count). The quantitative estimate of drug-likeness (QED) is 0.475. The first-order chi connectivity index (χ1) is 14.1. The van der Waals surface area contributed by atoms with E-state index >= 15 is 0 Å². The molecule has 0 saturated carbocycles. The van der Waals surface area contributed by atoms with Crippen molar-refractivity contribution in [1.82, 2.24) is 14.5 Å². The van der Waals surface area contributed by atoms with Crippen LogP contribution in [0.25, 0.3) is 10.9 Å². The third-order valence-corrected chi connectivity index (χ3v) is 5.45. The predicted molar refractivity (Wildman–Crippen MR) is 125 cm³/mol. The van der Waals surface area contributed by atoms with E-state index in [1.54, 1.807) is 36.2 Å². The van der Waals surface area contributed by atoms with Crippen LogP contribution in [-0.4, -0.2) is 27.4 Å². The molecule has 30 heavy (non-hydrogen) atoms. The number of fused-ring (bicyclic) bond motifs is 1. The lowest BCUT2D eigenvalue weighted by Gasteiger charge is -2.21. The van der Waals surface area contributed by atoms with Crippen LogP contribution in [0.4, 0.5) is 0 Å². The summed E-state index contributed by atoms with van der Waals surface area (Å²) in [7, 11) is 1.77. The van der Waals surface area contributed by atoms with Crippen molar-refractivity contribution in [2.24, 2.45) is 0 Å². The van der Waals surface area contributed by atoms with Crippen molar-refractivity contribution >= 4 is 29.0 Å². The van der Waals surface area contributed by atoms with Gasteiger partial charge >= 0.3 is 0 Å². The number of amides is 1. The fourth-order valence-corrected chi connectivity index (χ4v) is 3.63. The van der Waals surface area contributed by atoms with Crippen molar-refractivity contribution in [1.29, 1.82) is 0 Å². The van der Waals surface area contributed by atoms with E-state index in [0.717, 1.165) is 5.56 Å². The van der Waals surface area contributed by atoms with Crippen LogP contribution in [0.5, 0.6) is 0 Å². The Morgan fingerprint density at radius 1 is 1.20 bits per heavy atom. The van der Waals surface area contributed by atoms with Crippen molar-refractivity contribution in [2.45, 2.75) is 39.3 Å². The maximum atomic E-state index is 12.9. The highest BCUT2D eigenvalue weighted by Gasteiger charge is 2.16. The van der Waals surface area contributed by atoms with Crippen LogP contribution in [0.15, 0.2) is 59.9 Å². The lowest BCUT2D eigenvalue weighted by atomic mass is 9.87. The van der Waals surface area contributed by atoms with Crippen LogP contribution in [0.2, 0.25) is 0 Å². The zero-order chi connectivity index (χ0) is 22.1. The second-order valence-electron chi connectivity index (χ2n) is 8.50. The summed E-state index contributed by atoms with van der Waals surface area (Å²) in [6.07, 6.45) is 1.62. The Kier molecular flexibility index (Phi) is 6.08. The molecular weight excluding hydrogens is 394 g/mol. The third kappa shape index (κ3) is 4.44. The molecule has 5 nitrogen and oxygen atoms in total. The molecule has 0 fully saturated rings. The number of hydrogen-bond donors (Lipinski definition) is 1. The zero-order valence-electron chi connectivity index (χ0n) is 17.9. The zero-order valence-corrected chi connectivity index (χ0v) is 18.7. The average Bonchev–Trinajstić information content (AvgIpc) is 2.69. The summed E-state index contributed by atoms with van der Waals surface area (Å²) >= 11 is 5.28. The number of nitrogens with one attached hydrogen (secondary N) is 1. The van der Waals surface area contributed by atoms with Gasteiger partial charge in [-0.2, -0.15) is 0 Å². The fraction of sp³-hybridized carbons (Fsp3) is 0.292. The number of benzene rings is 2. The smallest absolute Gasteiger partial charge is 0.262 e. The maximum absolute atomic E-state index is 12.9. The number of carbonyl (C=O) groups excluding carboxylic acids is 1. The van der Waals surface area contributed by atoms with Crippen molar-refractivity contribution in [2.75, 3.05) is 7.05 Å². The van der Waals surface area contributed by atoms with Gasteiger partial charge in [0.25, 0.3) is 11.5 Å². The van der Waals surface area contributed by atoms with Gasteiger partial charge in [0, 0.05) is 25.7 Å². The van der Waals surface area contributed by atoms with Crippen LogP contribution in [0.1, 0.15) is 42.3 Å². The first kappa shape index (κ1) is 21.7. The van der Waals surface area contributed by atoms with Gasteiger partial charge in [0.1, 0.15) is 0 Å². The topological polar surface area (TPSA) is 58.1 Å². The van der Waals surface area contributed by atoms with E-state index in [-0.39, 0.29) is 16.9 Å².